The first-order valence-electron chi connectivity index (χ1n) is 25.2. The van der Waals surface area contributed by atoms with Gasteiger partial charge in [0.1, 0.15) is 48.3 Å². The van der Waals surface area contributed by atoms with Gasteiger partial charge in [0, 0.05) is 13.0 Å². The number of nitrogens with two attached hydrogens (primary N) is 6. The number of thioether (sulfide) groups is 1. The molecule has 0 radical (unpaired) electrons. The second kappa shape index (κ2) is 37.1. The standard InChI is InChI=1S/C46H80N16O17S/c1-7-21(4)35(50)43(76)60-29(18-32(49)66)41(74)57-24(12-14-80-6)39(72)59-26(15-20(2)3)42(75)62-36(22(5)63)44(77)61-27(16-30(47)64)37(70)54-19-33(67)55-28(17-31(48)65)40(73)56-23(10-11-34(68)69)38(71)58-25(45(78)79)9-8-13-53-46(51)52/h20-29,35-36,63H,7-19,50H2,1-6H3,(H2,47,64)(H2,48,65)(H2,49,66)(H,54,70)(H,55,67)(H,56,73)(H,57,74)(H,58,71)(H,59,72)(H,60,76)(H,61,77)(H,62,75)(H,68,69)(H,78,79)(H4,51,52,53)/t21-,22+,23-,24-,25-,26-,27-,28-,29-,35-,36-/m0/s1. The number of nitrogens with one attached hydrogen (secondary N) is 9. The number of carboxylic acids is 2. The number of aliphatic imine (C=N–C) groups is 1. The Morgan fingerprint density at radius 2 is 0.975 bits per heavy atom. The van der Waals surface area contributed by atoms with Gasteiger partial charge in [-0.1, -0.05) is 34.1 Å². The van der Waals surface area contributed by atoms with Gasteiger partial charge >= 0.3 is 11.9 Å². The summed E-state index contributed by atoms with van der Waals surface area (Å²) >= 11 is 1.30. The highest BCUT2D eigenvalue weighted by Gasteiger charge is 2.37. The van der Waals surface area contributed by atoms with Gasteiger partial charge in [0.05, 0.1) is 38.0 Å². The molecule has 0 aromatic carbocycles. The van der Waals surface area contributed by atoms with Crippen LogP contribution in [0.2, 0.25) is 0 Å². The van der Waals surface area contributed by atoms with E-state index in [1.54, 1.807) is 34.0 Å². The summed E-state index contributed by atoms with van der Waals surface area (Å²) in [5.41, 5.74) is 32.5. The van der Waals surface area contributed by atoms with Gasteiger partial charge in [-0.25, -0.2) is 4.79 Å². The molecule has 0 heterocycles. The zero-order valence-corrected chi connectivity index (χ0v) is 46.3. The second-order valence-corrected chi connectivity index (χ2v) is 20.0. The highest BCUT2D eigenvalue weighted by Crippen LogP contribution is 2.11. The maximum Gasteiger partial charge on any atom is 0.326 e. The molecule has 33 nitrogen and oxygen atoms in total. The number of nitrogens with zero attached hydrogens (tertiary/aromatic N) is 1. The Balaban J connectivity index is 6.38. The summed E-state index contributed by atoms with van der Waals surface area (Å²) in [5.74, 6) is -16.7. The average molecular weight is 1160 g/mol. The highest BCUT2D eigenvalue weighted by molar-refractivity contribution is 7.98. The Morgan fingerprint density at radius 1 is 0.537 bits per heavy atom. The summed E-state index contributed by atoms with van der Waals surface area (Å²) in [7, 11) is 0. The van der Waals surface area contributed by atoms with E-state index >= 15 is 0 Å². The number of guanidine groups is 1. The van der Waals surface area contributed by atoms with Crippen LogP contribution in [0, 0.1) is 11.8 Å². The SMILES string of the molecule is CC[C@H](C)[C@H](N)C(=O)N[C@@H](CC(N)=O)C(=O)N[C@@H](CCSC)C(=O)N[C@@H](CC(C)C)C(=O)N[C@H](C(=O)N[C@@H](CC(N)=O)C(=O)NCC(=O)N[C@@H](CC(N)=O)C(=O)N[C@@H](CCC(=O)O)C(=O)N[C@@H](CCCN=C(N)N)C(=O)O)[C@@H](C)O. The number of rotatable bonds is 40. The molecule has 0 spiro atoms. The first-order chi connectivity index (χ1) is 37.2. The minimum atomic E-state index is -1.91. The maximum absolute atomic E-state index is 13.9. The third-order valence-electron chi connectivity index (χ3n) is 11.6. The minimum Gasteiger partial charge on any atom is -0.481 e. The number of aliphatic hydroxyl groups excluding tert-OH is 1. The van der Waals surface area contributed by atoms with E-state index in [1.165, 1.54) is 11.8 Å². The number of carboxylic acid groups (broad SMARTS) is 2. The van der Waals surface area contributed by atoms with Crippen LogP contribution in [0.1, 0.15) is 98.8 Å². The summed E-state index contributed by atoms with van der Waals surface area (Å²) < 4.78 is 0. The molecule has 34 heteroatoms. The molecular formula is C46H80N16O17S. The molecule has 0 aliphatic carbocycles. The van der Waals surface area contributed by atoms with Crippen LogP contribution in [0.4, 0.5) is 0 Å². The van der Waals surface area contributed by atoms with E-state index in [1.807, 2.05) is 0 Å². The van der Waals surface area contributed by atoms with E-state index in [2.05, 4.69) is 52.8 Å². The van der Waals surface area contributed by atoms with E-state index in [9.17, 15) is 82.4 Å². The van der Waals surface area contributed by atoms with Gasteiger partial charge in [0.2, 0.25) is 70.9 Å². The predicted octanol–water partition coefficient (Wildman–Crippen LogP) is -7.84. The normalized spacial score (nSPS) is 15.1. The lowest BCUT2D eigenvalue weighted by atomic mass is 9.99. The molecule has 452 valence electrons. The van der Waals surface area contributed by atoms with Gasteiger partial charge < -0.3 is 97.6 Å². The van der Waals surface area contributed by atoms with Gasteiger partial charge in [-0.2, -0.15) is 11.8 Å². The summed E-state index contributed by atoms with van der Waals surface area (Å²) in [6, 6.07) is -14.5. The number of primary amides is 3. The second-order valence-electron chi connectivity index (χ2n) is 19.0. The third-order valence-corrected chi connectivity index (χ3v) is 12.2. The lowest BCUT2D eigenvalue weighted by molar-refractivity contribution is -0.143. The van der Waals surface area contributed by atoms with E-state index in [4.69, 9.17) is 34.4 Å². The van der Waals surface area contributed by atoms with Gasteiger partial charge in [-0.15, -0.1) is 0 Å². The van der Waals surface area contributed by atoms with Gasteiger partial charge in [-0.3, -0.25) is 67.3 Å². The summed E-state index contributed by atoms with van der Waals surface area (Å²) in [5, 5.41) is 49.9. The minimum absolute atomic E-state index is 0.0124. The lowest BCUT2D eigenvalue weighted by Crippen LogP contribution is -2.62. The van der Waals surface area contributed by atoms with E-state index in [0.717, 1.165) is 6.92 Å². The Bertz CT molecular complexity index is 2230. The molecule has 0 aromatic heterocycles. The maximum atomic E-state index is 13.9. The molecule has 11 atom stereocenters. The van der Waals surface area contributed by atoms with Crippen molar-refractivity contribution in [2.24, 2.45) is 51.2 Å². The summed E-state index contributed by atoms with van der Waals surface area (Å²) in [6.45, 7) is 6.88. The van der Waals surface area contributed by atoms with Crippen molar-refractivity contribution in [1.82, 2.24) is 47.9 Å². The van der Waals surface area contributed by atoms with Crippen LogP contribution in [-0.2, 0) is 67.1 Å². The van der Waals surface area contributed by atoms with Crippen LogP contribution >= 0.6 is 11.8 Å². The van der Waals surface area contributed by atoms with Crippen LogP contribution in [0.25, 0.3) is 0 Å². The molecule has 0 aliphatic heterocycles. The zero-order valence-electron chi connectivity index (χ0n) is 45.5. The quantitative estimate of drug-likeness (QED) is 0.0154. The van der Waals surface area contributed by atoms with Crippen LogP contribution in [0.5, 0.6) is 0 Å². The molecule has 0 unspecified atom stereocenters. The zero-order chi connectivity index (χ0) is 61.6. The monoisotopic (exact) mass is 1160 g/mol. The molecular weight excluding hydrogens is 1080 g/mol. The Kier molecular flexibility index (Phi) is 33.4. The average Bonchev–Trinajstić information content (AvgIpc) is 3.35. The largest absolute Gasteiger partial charge is 0.481 e. The molecule has 0 aliphatic rings. The van der Waals surface area contributed by atoms with Crippen molar-refractivity contribution in [2.45, 2.75) is 159 Å². The number of aliphatic carboxylic acids is 2. The smallest absolute Gasteiger partial charge is 0.326 e. The number of amides is 12. The fourth-order valence-corrected chi connectivity index (χ4v) is 7.53. The summed E-state index contributed by atoms with van der Waals surface area (Å²) in [4.78, 5) is 184. The first kappa shape index (κ1) is 72.1. The molecule has 0 fully saturated rings. The molecule has 12 amide bonds. The van der Waals surface area contributed by atoms with Crippen LogP contribution in [0.3, 0.4) is 0 Å². The van der Waals surface area contributed by atoms with E-state index in [0.29, 0.717) is 6.42 Å². The number of carbonyl (C=O) groups is 14. The molecule has 0 bridgehead atoms. The molecule has 24 N–H and O–H groups in total. The topological polar surface area (TPSA) is 576 Å². The predicted molar refractivity (Wildman–Crippen MR) is 286 cm³/mol. The molecule has 0 rings (SSSR count). The first-order valence-corrected chi connectivity index (χ1v) is 26.6. The number of hydrogen-bond acceptors (Lipinski definition) is 18. The van der Waals surface area contributed by atoms with Gasteiger partial charge in [0.25, 0.3) is 0 Å². The van der Waals surface area contributed by atoms with Crippen LogP contribution in [0.15, 0.2) is 4.99 Å². The van der Waals surface area contributed by atoms with Crippen molar-refractivity contribution < 1.29 is 82.4 Å². The van der Waals surface area contributed by atoms with Crippen molar-refractivity contribution >= 4 is 101 Å². The fourth-order valence-electron chi connectivity index (χ4n) is 7.06. The Hall–Kier alpha value is -7.88. The number of aliphatic hydroxyl groups is 1. The lowest BCUT2D eigenvalue weighted by Gasteiger charge is -2.28. The van der Waals surface area contributed by atoms with Crippen molar-refractivity contribution in [3.63, 3.8) is 0 Å². The third kappa shape index (κ3) is 29.2. The van der Waals surface area contributed by atoms with E-state index < -0.39 is 182 Å². The Labute approximate surface area is 465 Å². The highest BCUT2D eigenvalue weighted by atomic mass is 32.2. The molecule has 80 heavy (non-hydrogen) atoms. The van der Waals surface area contributed by atoms with Crippen LogP contribution < -0.4 is 82.3 Å². The van der Waals surface area contributed by atoms with Crippen molar-refractivity contribution in [1.29, 1.82) is 0 Å². The molecule has 0 saturated heterocycles. The van der Waals surface area contributed by atoms with Gasteiger partial charge in [0.15, 0.2) is 5.96 Å². The molecule has 0 saturated carbocycles. The summed E-state index contributed by atoms with van der Waals surface area (Å²) in [6.07, 6.45) is -3.61. The van der Waals surface area contributed by atoms with Crippen molar-refractivity contribution in [3.05, 3.63) is 0 Å². The van der Waals surface area contributed by atoms with Crippen molar-refractivity contribution in [3.8, 4) is 0 Å². The van der Waals surface area contributed by atoms with E-state index in [-0.39, 0.29) is 55.8 Å². The number of carbonyl (C=O) groups excluding carboxylic acids is 12. The van der Waals surface area contributed by atoms with Gasteiger partial charge in [-0.05, 0) is 62.9 Å². The fraction of sp³-hybridized carbons (Fsp3) is 0.674. The van der Waals surface area contributed by atoms with Crippen LogP contribution in [-0.4, -0.2) is 190 Å². The Morgan fingerprint density at radius 3 is 1.43 bits per heavy atom. The van der Waals surface area contributed by atoms with Crippen molar-refractivity contribution in [2.75, 3.05) is 25.1 Å². The number of hydrogen-bond donors (Lipinski definition) is 18. The molecule has 0 aromatic rings.